The standard InChI is InChI=1S/C25H28N4O3/c1-17-7-6-10-21-23(17)26-16-29(25(21)32)15-22(30)27-19-13-11-18(12-14-19)24(31)28(2)20-8-4-3-5-9-20/h6-7,10-14,16,20H,3-5,8-9,15H2,1-2H3,(H,27,30). The van der Waals surface area contributed by atoms with Crippen molar-refractivity contribution < 1.29 is 9.59 Å². The minimum absolute atomic E-state index is 0.00106. The van der Waals surface area contributed by atoms with Gasteiger partial charge in [0.15, 0.2) is 0 Å². The van der Waals surface area contributed by atoms with E-state index in [4.69, 9.17) is 0 Å². The molecule has 0 bridgehead atoms. The quantitative estimate of drug-likeness (QED) is 0.666. The van der Waals surface area contributed by atoms with Gasteiger partial charge in [0, 0.05) is 24.3 Å². The highest BCUT2D eigenvalue weighted by molar-refractivity contribution is 5.96. The zero-order valence-electron chi connectivity index (χ0n) is 18.5. The van der Waals surface area contributed by atoms with Crippen LogP contribution in [0.2, 0.25) is 0 Å². The third-order valence-corrected chi connectivity index (χ3v) is 6.23. The number of nitrogens with zero attached hydrogens (tertiary/aromatic N) is 3. The molecule has 0 spiro atoms. The molecular weight excluding hydrogens is 404 g/mol. The van der Waals surface area contributed by atoms with Gasteiger partial charge in [0.1, 0.15) is 6.54 Å². The monoisotopic (exact) mass is 432 g/mol. The van der Waals surface area contributed by atoms with Crippen molar-refractivity contribution in [3.8, 4) is 0 Å². The lowest BCUT2D eigenvalue weighted by Gasteiger charge is -2.31. The first-order valence-electron chi connectivity index (χ1n) is 11.1. The van der Waals surface area contributed by atoms with Crippen molar-refractivity contribution in [1.29, 1.82) is 0 Å². The van der Waals surface area contributed by atoms with Crippen molar-refractivity contribution in [1.82, 2.24) is 14.5 Å². The number of aromatic nitrogens is 2. The van der Waals surface area contributed by atoms with Crippen molar-refractivity contribution in [2.24, 2.45) is 0 Å². The molecule has 1 fully saturated rings. The van der Waals surface area contributed by atoms with Gasteiger partial charge in [-0.05, 0) is 55.7 Å². The lowest BCUT2D eigenvalue weighted by Crippen LogP contribution is -2.38. The fourth-order valence-electron chi connectivity index (χ4n) is 4.34. The summed E-state index contributed by atoms with van der Waals surface area (Å²) in [5, 5.41) is 3.28. The van der Waals surface area contributed by atoms with E-state index < -0.39 is 0 Å². The van der Waals surface area contributed by atoms with Gasteiger partial charge in [-0.2, -0.15) is 0 Å². The maximum atomic E-state index is 12.8. The average molecular weight is 433 g/mol. The molecule has 1 aliphatic rings. The van der Waals surface area contributed by atoms with Crippen LogP contribution in [0.4, 0.5) is 5.69 Å². The number of amides is 2. The Balaban J connectivity index is 1.41. The highest BCUT2D eigenvalue weighted by Crippen LogP contribution is 2.23. The maximum Gasteiger partial charge on any atom is 0.261 e. The Morgan fingerprint density at radius 1 is 1.09 bits per heavy atom. The van der Waals surface area contributed by atoms with Crippen molar-refractivity contribution in [2.45, 2.75) is 51.6 Å². The molecule has 2 aromatic carbocycles. The second kappa shape index (κ2) is 9.34. The van der Waals surface area contributed by atoms with Crippen LogP contribution in [0.15, 0.2) is 53.6 Å². The van der Waals surface area contributed by atoms with Gasteiger partial charge >= 0.3 is 0 Å². The Bertz CT molecular complexity index is 1190. The molecule has 0 radical (unpaired) electrons. The van der Waals surface area contributed by atoms with Gasteiger partial charge in [-0.3, -0.25) is 19.0 Å². The second-order valence-corrected chi connectivity index (χ2v) is 8.48. The molecule has 0 aliphatic heterocycles. The number of para-hydroxylation sites is 1. The zero-order chi connectivity index (χ0) is 22.7. The number of rotatable bonds is 5. The van der Waals surface area contributed by atoms with E-state index in [9.17, 15) is 14.4 Å². The number of carbonyl (C=O) groups is 2. The van der Waals surface area contributed by atoms with Crippen molar-refractivity contribution >= 4 is 28.4 Å². The minimum atomic E-state index is -0.334. The van der Waals surface area contributed by atoms with Gasteiger partial charge in [0.25, 0.3) is 11.5 Å². The van der Waals surface area contributed by atoms with E-state index in [-0.39, 0.29) is 23.9 Å². The Labute approximate surface area is 187 Å². The summed E-state index contributed by atoms with van der Waals surface area (Å²) in [5.74, 6) is -0.335. The average Bonchev–Trinajstić information content (AvgIpc) is 2.81. The lowest BCUT2D eigenvalue weighted by atomic mass is 9.94. The van der Waals surface area contributed by atoms with Crippen LogP contribution in [-0.2, 0) is 11.3 Å². The SMILES string of the molecule is Cc1cccc2c(=O)n(CC(=O)Nc3ccc(C(=O)N(C)C4CCCCC4)cc3)cnc12. The maximum absolute atomic E-state index is 12.8. The molecule has 32 heavy (non-hydrogen) atoms. The summed E-state index contributed by atoms with van der Waals surface area (Å²) in [6.45, 7) is 1.76. The van der Waals surface area contributed by atoms with Crippen molar-refractivity contribution in [2.75, 3.05) is 12.4 Å². The molecule has 1 aromatic heterocycles. The Hall–Kier alpha value is -3.48. The minimum Gasteiger partial charge on any atom is -0.339 e. The molecule has 1 saturated carbocycles. The molecule has 1 heterocycles. The highest BCUT2D eigenvalue weighted by Gasteiger charge is 2.23. The number of hydrogen-bond donors (Lipinski definition) is 1. The fraction of sp³-hybridized carbons (Fsp3) is 0.360. The van der Waals surface area contributed by atoms with Gasteiger partial charge in [-0.1, -0.05) is 31.4 Å². The van der Waals surface area contributed by atoms with E-state index in [1.165, 1.54) is 30.2 Å². The smallest absolute Gasteiger partial charge is 0.261 e. The first-order valence-corrected chi connectivity index (χ1v) is 11.1. The molecule has 7 heteroatoms. The predicted octanol–water partition coefficient (Wildman–Crippen LogP) is 3.75. The fourth-order valence-corrected chi connectivity index (χ4v) is 4.34. The molecule has 7 nitrogen and oxygen atoms in total. The van der Waals surface area contributed by atoms with E-state index in [0.717, 1.165) is 18.4 Å². The molecular formula is C25H28N4O3. The third kappa shape index (κ3) is 4.56. The number of hydrogen-bond acceptors (Lipinski definition) is 4. The van der Waals surface area contributed by atoms with E-state index in [2.05, 4.69) is 10.3 Å². The number of benzene rings is 2. The molecule has 0 atom stereocenters. The normalized spacial score (nSPS) is 14.3. The molecule has 4 rings (SSSR count). The third-order valence-electron chi connectivity index (χ3n) is 6.23. The predicted molar refractivity (Wildman–Crippen MR) is 125 cm³/mol. The van der Waals surface area contributed by atoms with Crippen LogP contribution in [-0.4, -0.2) is 39.4 Å². The second-order valence-electron chi connectivity index (χ2n) is 8.48. The summed E-state index contributed by atoms with van der Waals surface area (Å²) >= 11 is 0. The first kappa shape index (κ1) is 21.7. The summed E-state index contributed by atoms with van der Waals surface area (Å²) in [7, 11) is 1.87. The van der Waals surface area contributed by atoms with E-state index in [0.29, 0.717) is 28.2 Å². The van der Waals surface area contributed by atoms with E-state index in [1.54, 1.807) is 36.4 Å². The van der Waals surface area contributed by atoms with Gasteiger partial charge in [-0.25, -0.2) is 4.98 Å². The zero-order valence-corrected chi connectivity index (χ0v) is 18.5. The van der Waals surface area contributed by atoms with E-state index >= 15 is 0 Å². The van der Waals surface area contributed by atoms with Crippen LogP contribution in [0.5, 0.6) is 0 Å². The Kier molecular flexibility index (Phi) is 6.35. The molecule has 1 aliphatic carbocycles. The summed E-state index contributed by atoms with van der Waals surface area (Å²) < 4.78 is 1.30. The Morgan fingerprint density at radius 2 is 1.81 bits per heavy atom. The van der Waals surface area contributed by atoms with Crippen LogP contribution in [0.25, 0.3) is 10.9 Å². The van der Waals surface area contributed by atoms with Crippen LogP contribution in [0, 0.1) is 6.92 Å². The van der Waals surface area contributed by atoms with Gasteiger partial charge in [0.05, 0.1) is 17.2 Å². The molecule has 1 N–H and O–H groups in total. The van der Waals surface area contributed by atoms with Crippen LogP contribution in [0.3, 0.4) is 0 Å². The number of aryl methyl sites for hydroxylation is 1. The van der Waals surface area contributed by atoms with Crippen molar-refractivity contribution in [3.05, 3.63) is 70.3 Å². The first-order chi connectivity index (χ1) is 15.4. The molecule has 0 saturated heterocycles. The van der Waals surface area contributed by atoms with Gasteiger partial charge in [-0.15, -0.1) is 0 Å². The summed E-state index contributed by atoms with van der Waals surface area (Å²) in [6, 6.07) is 12.6. The van der Waals surface area contributed by atoms with Crippen LogP contribution < -0.4 is 10.9 Å². The molecule has 3 aromatic rings. The highest BCUT2D eigenvalue weighted by atomic mass is 16.2. The van der Waals surface area contributed by atoms with Crippen molar-refractivity contribution in [3.63, 3.8) is 0 Å². The van der Waals surface area contributed by atoms with Crippen LogP contribution in [0.1, 0.15) is 48.0 Å². The van der Waals surface area contributed by atoms with E-state index in [1.807, 2.05) is 24.9 Å². The largest absolute Gasteiger partial charge is 0.339 e. The summed E-state index contributed by atoms with van der Waals surface area (Å²) in [5.41, 5.74) is 2.49. The van der Waals surface area contributed by atoms with Gasteiger partial charge < -0.3 is 10.2 Å². The Morgan fingerprint density at radius 3 is 2.53 bits per heavy atom. The molecule has 0 unspecified atom stereocenters. The van der Waals surface area contributed by atoms with Crippen LogP contribution >= 0.6 is 0 Å². The summed E-state index contributed by atoms with van der Waals surface area (Å²) in [4.78, 5) is 44.1. The number of nitrogens with one attached hydrogen (secondary N) is 1. The number of carbonyl (C=O) groups excluding carboxylic acids is 2. The van der Waals surface area contributed by atoms with Gasteiger partial charge in [0.2, 0.25) is 5.91 Å². The lowest BCUT2D eigenvalue weighted by molar-refractivity contribution is -0.116. The summed E-state index contributed by atoms with van der Waals surface area (Å²) in [6.07, 6.45) is 7.09. The molecule has 2 amide bonds. The molecule has 166 valence electrons. The topological polar surface area (TPSA) is 84.3 Å². The number of anilines is 1. The number of fused-ring (bicyclic) bond motifs is 1.